The summed E-state index contributed by atoms with van der Waals surface area (Å²) in [6, 6.07) is 0.0532. The number of ether oxygens (including phenoxy) is 2. The molecule has 0 radical (unpaired) electrons. The van der Waals surface area contributed by atoms with Crippen molar-refractivity contribution >= 4 is 6.09 Å². The second-order valence-electron chi connectivity index (χ2n) is 5.58. The summed E-state index contributed by atoms with van der Waals surface area (Å²) in [7, 11) is 0. The second kappa shape index (κ2) is 3.89. The molecule has 0 saturated carbocycles. The van der Waals surface area contributed by atoms with Crippen molar-refractivity contribution in [2.75, 3.05) is 19.7 Å². The van der Waals surface area contributed by atoms with Gasteiger partial charge < -0.3 is 20.1 Å². The number of carbonyl (C=O) groups excluding carboxylic acids is 1. The molecule has 2 heterocycles. The number of nitrogens with two attached hydrogens (primary N) is 1. The molecule has 2 aliphatic heterocycles. The lowest BCUT2D eigenvalue weighted by Gasteiger charge is -2.25. The van der Waals surface area contributed by atoms with Gasteiger partial charge in [0.15, 0.2) is 0 Å². The van der Waals surface area contributed by atoms with Gasteiger partial charge in [-0.2, -0.15) is 0 Å². The molecule has 16 heavy (non-hydrogen) atoms. The summed E-state index contributed by atoms with van der Waals surface area (Å²) < 4.78 is 10.8. The van der Waals surface area contributed by atoms with Crippen LogP contribution in [0, 0.1) is 5.92 Å². The van der Waals surface area contributed by atoms with Crippen molar-refractivity contribution in [2.24, 2.45) is 11.7 Å². The molecule has 2 rings (SSSR count). The van der Waals surface area contributed by atoms with Gasteiger partial charge in [-0.25, -0.2) is 4.79 Å². The van der Waals surface area contributed by atoms with E-state index in [0.717, 1.165) is 0 Å². The van der Waals surface area contributed by atoms with Gasteiger partial charge in [0, 0.05) is 18.5 Å². The predicted octanol–water partition coefficient (Wildman–Crippen LogP) is 0.579. The summed E-state index contributed by atoms with van der Waals surface area (Å²) in [4.78, 5) is 13.5. The molecule has 2 N–H and O–H groups in total. The Hall–Kier alpha value is -0.810. The zero-order valence-corrected chi connectivity index (χ0v) is 10.1. The fourth-order valence-electron chi connectivity index (χ4n) is 2.22. The lowest BCUT2D eigenvalue weighted by Crippen LogP contribution is -2.38. The number of carbonyl (C=O) groups is 1. The Morgan fingerprint density at radius 3 is 2.69 bits per heavy atom. The number of rotatable bonds is 0. The third-order valence-electron chi connectivity index (χ3n) is 3.01. The van der Waals surface area contributed by atoms with Crippen LogP contribution in [0.25, 0.3) is 0 Å². The number of hydrogen-bond donors (Lipinski definition) is 1. The quantitative estimate of drug-likeness (QED) is 0.658. The van der Waals surface area contributed by atoms with E-state index in [0.29, 0.717) is 19.7 Å². The van der Waals surface area contributed by atoms with Gasteiger partial charge in [-0.3, -0.25) is 0 Å². The van der Waals surface area contributed by atoms with E-state index in [1.165, 1.54) is 0 Å². The second-order valence-corrected chi connectivity index (χ2v) is 5.58. The van der Waals surface area contributed by atoms with Crippen molar-refractivity contribution in [2.45, 2.75) is 38.5 Å². The van der Waals surface area contributed by atoms with E-state index in [1.807, 2.05) is 20.8 Å². The maximum Gasteiger partial charge on any atom is 0.410 e. The zero-order chi connectivity index (χ0) is 11.9. The number of amides is 1. The Bertz CT molecular complexity index is 287. The largest absolute Gasteiger partial charge is 0.444 e. The minimum Gasteiger partial charge on any atom is -0.444 e. The highest BCUT2D eigenvalue weighted by atomic mass is 16.6. The number of nitrogens with zero attached hydrogens (tertiary/aromatic N) is 1. The maximum atomic E-state index is 11.8. The summed E-state index contributed by atoms with van der Waals surface area (Å²) in [5, 5.41) is 0. The van der Waals surface area contributed by atoms with Crippen molar-refractivity contribution in [3.8, 4) is 0 Å². The molecular weight excluding hydrogens is 208 g/mol. The molecule has 0 aromatic heterocycles. The van der Waals surface area contributed by atoms with Crippen LogP contribution in [0.1, 0.15) is 20.8 Å². The van der Waals surface area contributed by atoms with Gasteiger partial charge in [-0.1, -0.05) is 0 Å². The molecule has 1 amide bonds. The highest BCUT2D eigenvalue weighted by Gasteiger charge is 2.44. The molecule has 5 nitrogen and oxygen atoms in total. The molecule has 0 bridgehead atoms. The van der Waals surface area contributed by atoms with Gasteiger partial charge in [0.1, 0.15) is 5.60 Å². The molecule has 0 aromatic carbocycles. The van der Waals surface area contributed by atoms with Crippen LogP contribution in [-0.2, 0) is 9.47 Å². The summed E-state index contributed by atoms with van der Waals surface area (Å²) >= 11 is 0. The number of hydrogen-bond acceptors (Lipinski definition) is 4. The zero-order valence-electron chi connectivity index (χ0n) is 10.1. The number of fused-ring (bicyclic) bond motifs is 1. The molecule has 0 unspecified atom stereocenters. The van der Waals surface area contributed by atoms with E-state index in [1.54, 1.807) is 4.90 Å². The van der Waals surface area contributed by atoms with Crippen molar-refractivity contribution in [1.82, 2.24) is 4.90 Å². The van der Waals surface area contributed by atoms with Gasteiger partial charge in [0.05, 0.1) is 19.3 Å². The topological polar surface area (TPSA) is 64.8 Å². The van der Waals surface area contributed by atoms with Gasteiger partial charge in [-0.05, 0) is 20.8 Å². The maximum absolute atomic E-state index is 11.8. The van der Waals surface area contributed by atoms with Crippen molar-refractivity contribution < 1.29 is 14.3 Å². The van der Waals surface area contributed by atoms with E-state index in [4.69, 9.17) is 15.2 Å². The Morgan fingerprint density at radius 1 is 1.44 bits per heavy atom. The third-order valence-corrected chi connectivity index (χ3v) is 3.01. The van der Waals surface area contributed by atoms with Gasteiger partial charge >= 0.3 is 6.09 Å². The van der Waals surface area contributed by atoms with Crippen LogP contribution >= 0.6 is 0 Å². The van der Waals surface area contributed by atoms with Crippen molar-refractivity contribution in [1.29, 1.82) is 0 Å². The van der Waals surface area contributed by atoms with E-state index in [-0.39, 0.29) is 24.2 Å². The lowest BCUT2D eigenvalue weighted by molar-refractivity contribution is 0.0231. The summed E-state index contributed by atoms with van der Waals surface area (Å²) in [6.07, 6.45) is -0.166. The van der Waals surface area contributed by atoms with Crippen molar-refractivity contribution in [3.63, 3.8) is 0 Å². The molecular formula is C11H20N2O3. The molecule has 3 atom stereocenters. The first-order valence-electron chi connectivity index (χ1n) is 5.72. The molecule has 0 aliphatic carbocycles. The van der Waals surface area contributed by atoms with Gasteiger partial charge in [0.25, 0.3) is 0 Å². The number of likely N-dealkylation sites (tertiary alicyclic amines) is 1. The molecule has 5 heteroatoms. The summed E-state index contributed by atoms with van der Waals surface area (Å²) in [5.41, 5.74) is 5.46. The van der Waals surface area contributed by atoms with E-state index >= 15 is 0 Å². The fraction of sp³-hybridized carbons (Fsp3) is 0.909. The van der Waals surface area contributed by atoms with Crippen LogP contribution in [0.5, 0.6) is 0 Å². The Kier molecular flexibility index (Phi) is 2.84. The lowest BCUT2D eigenvalue weighted by atomic mass is 10.0. The molecule has 0 spiro atoms. The standard InChI is InChI=1S/C11H20N2O3/c1-11(2,3)16-10(14)13-4-7-8(12)6-15-9(7)5-13/h7-9H,4-6,12H2,1-3H3/t7-,8+,9-/m1/s1. The predicted molar refractivity (Wildman–Crippen MR) is 59.0 cm³/mol. The Morgan fingerprint density at radius 2 is 2.12 bits per heavy atom. The molecule has 2 fully saturated rings. The average Bonchev–Trinajstić information content (AvgIpc) is 2.65. The highest BCUT2D eigenvalue weighted by Crippen LogP contribution is 2.29. The monoisotopic (exact) mass is 228 g/mol. The van der Waals surface area contributed by atoms with Crippen LogP contribution in [0.2, 0.25) is 0 Å². The summed E-state index contributed by atoms with van der Waals surface area (Å²) in [5.74, 6) is 0.271. The fourth-order valence-corrected chi connectivity index (χ4v) is 2.22. The molecule has 2 aliphatic rings. The van der Waals surface area contributed by atoms with E-state index in [9.17, 15) is 4.79 Å². The Balaban J connectivity index is 1.92. The minimum absolute atomic E-state index is 0.0532. The summed E-state index contributed by atoms with van der Waals surface area (Å²) in [6.45, 7) is 7.46. The van der Waals surface area contributed by atoms with Gasteiger partial charge in [0.2, 0.25) is 0 Å². The SMILES string of the molecule is CC(C)(C)OC(=O)N1C[C@@H]2[C@@H](N)CO[C@@H]2C1. The molecule has 92 valence electrons. The molecule has 2 saturated heterocycles. The first-order valence-corrected chi connectivity index (χ1v) is 5.72. The highest BCUT2D eigenvalue weighted by molar-refractivity contribution is 5.68. The van der Waals surface area contributed by atoms with Crippen LogP contribution in [0.3, 0.4) is 0 Å². The van der Waals surface area contributed by atoms with Crippen molar-refractivity contribution in [3.05, 3.63) is 0 Å². The van der Waals surface area contributed by atoms with Crippen LogP contribution in [-0.4, -0.2) is 48.4 Å². The average molecular weight is 228 g/mol. The normalized spacial score (nSPS) is 34.0. The minimum atomic E-state index is -0.447. The van der Waals surface area contributed by atoms with Crippen LogP contribution < -0.4 is 5.73 Å². The van der Waals surface area contributed by atoms with Gasteiger partial charge in [-0.15, -0.1) is 0 Å². The Labute approximate surface area is 95.9 Å². The first-order chi connectivity index (χ1) is 7.37. The first kappa shape index (κ1) is 11.7. The third kappa shape index (κ3) is 2.30. The smallest absolute Gasteiger partial charge is 0.410 e. The van der Waals surface area contributed by atoms with E-state index < -0.39 is 5.60 Å². The van der Waals surface area contributed by atoms with Crippen LogP contribution in [0.4, 0.5) is 4.79 Å². The van der Waals surface area contributed by atoms with Crippen LogP contribution in [0.15, 0.2) is 0 Å². The van der Waals surface area contributed by atoms with E-state index in [2.05, 4.69) is 0 Å². The molecule has 0 aromatic rings.